The van der Waals surface area contributed by atoms with Crippen LogP contribution in [0.4, 0.5) is 0 Å². The maximum Gasteiger partial charge on any atom is 0.336 e. The van der Waals surface area contributed by atoms with Crippen molar-refractivity contribution in [3.8, 4) is 23.7 Å². The molecule has 2 fully saturated rings. The molecule has 346 valence electrons. The standard InChI is InChI=1S/C27H29NO4.C23H21NO5.C3H7N.CH4/c1-4-24(29)25(27(31)32-3)28(2)26(30)23-17-15-22(16-18-23)14-13-21-11-9-20(10-12-21)8-7-19-5-6-19;1-4-20(26)21(23(28)29-3)24(2)22(27)19-13-11-17(12-14-19)6-5-16-7-9-18(15-25)10-8-16;4-3-1-2-3;/h9-12,15-19,25H,4-8H2,1-3H3;7-15,21H,4H2,1-3H3;3H,1-2,4H2;1H4. The second-order valence-corrected chi connectivity index (χ2v) is 15.7. The molecule has 2 saturated carbocycles. The fourth-order valence-corrected chi connectivity index (χ4v) is 6.22. The van der Waals surface area contributed by atoms with E-state index in [0.29, 0.717) is 28.3 Å². The molecule has 12 heteroatoms. The topological polar surface area (TPSA) is 170 Å². The third-order valence-electron chi connectivity index (χ3n) is 10.7. The molecule has 2 N–H and O–H groups in total. The van der Waals surface area contributed by atoms with Crippen LogP contribution in [-0.4, -0.2) is 97.8 Å². The SMILES string of the molecule is C.CCC(=O)C(C(=O)OC)N(C)C(=O)c1ccc(C#Cc2ccc(C=O)cc2)cc1.CCC(=O)C(C(=O)OC)N(C)C(=O)c1ccc(C#Cc2ccc(CCC3CC3)cc2)cc1.NC1CC1. The first kappa shape index (κ1) is 53.2. The van der Waals surface area contributed by atoms with E-state index in [0.717, 1.165) is 45.1 Å². The molecule has 0 bridgehead atoms. The molecule has 66 heavy (non-hydrogen) atoms. The number of ketones is 2. The minimum Gasteiger partial charge on any atom is -0.467 e. The minimum absolute atomic E-state index is 0. The second-order valence-electron chi connectivity index (χ2n) is 15.7. The summed E-state index contributed by atoms with van der Waals surface area (Å²) in [6.07, 6.45) is 8.71. The van der Waals surface area contributed by atoms with Gasteiger partial charge < -0.3 is 25.0 Å². The molecule has 2 amide bonds. The van der Waals surface area contributed by atoms with E-state index in [9.17, 15) is 33.6 Å². The smallest absolute Gasteiger partial charge is 0.336 e. The number of likely N-dealkylation sites (N-methyl/N-ethyl adjacent to an activating group) is 2. The van der Waals surface area contributed by atoms with Gasteiger partial charge in [-0.25, -0.2) is 9.59 Å². The van der Waals surface area contributed by atoms with Crippen molar-refractivity contribution in [2.24, 2.45) is 11.7 Å². The van der Waals surface area contributed by atoms with Crippen molar-refractivity contribution in [3.63, 3.8) is 0 Å². The van der Waals surface area contributed by atoms with Crippen molar-refractivity contribution in [1.82, 2.24) is 9.80 Å². The predicted octanol–water partition coefficient (Wildman–Crippen LogP) is 7.26. The maximum absolute atomic E-state index is 12.8. The summed E-state index contributed by atoms with van der Waals surface area (Å²) in [7, 11) is 5.20. The van der Waals surface area contributed by atoms with Gasteiger partial charge in [0.25, 0.3) is 11.8 Å². The molecule has 4 aromatic carbocycles. The molecule has 2 aliphatic carbocycles. The molecular formula is C54H61N3O9. The molecule has 0 radical (unpaired) electrons. The van der Waals surface area contributed by atoms with Crippen molar-refractivity contribution in [2.75, 3.05) is 28.3 Å². The Bertz CT molecular complexity index is 2380. The van der Waals surface area contributed by atoms with E-state index in [1.807, 2.05) is 12.1 Å². The Balaban J connectivity index is 0.000000319. The summed E-state index contributed by atoms with van der Waals surface area (Å²) >= 11 is 0. The van der Waals surface area contributed by atoms with Crippen LogP contribution in [0.2, 0.25) is 0 Å². The number of aryl methyl sites for hydroxylation is 1. The van der Waals surface area contributed by atoms with Crippen molar-refractivity contribution < 1.29 is 43.0 Å². The van der Waals surface area contributed by atoms with Gasteiger partial charge in [-0.1, -0.05) is 82.1 Å². The van der Waals surface area contributed by atoms with Crippen molar-refractivity contribution in [1.29, 1.82) is 0 Å². The van der Waals surface area contributed by atoms with Crippen LogP contribution in [0.5, 0.6) is 0 Å². The highest BCUT2D eigenvalue weighted by Gasteiger charge is 2.35. The highest BCUT2D eigenvalue weighted by molar-refractivity contribution is 6.09. The molecule has 0 aromatic heterocycles. The third kappa shape index (κ3) is 16.4. The Morgan fingerprint density at radius 2 is 0.939 bits per heavy atom. The van der Waals surface area contributed by atoms with Crippen molar-refractivity contribution in [2.45, 2.75) is 90.8 Å². The molecular weight excluding hydrogens is 835 g/mol. The minimum atomic E-state index is -1.27. The normalized spacial score (nSPS) is 12.9. The van der Waals surface area contributed by atoms with Gasteiger partial charge in [0, 0.05) is 71.9 Å². The number of carbonyl (C=O) groups excluding carboxylic acids is 7. The second kappa shape index (κ2) is 26.6. The van der Waals surface area contributed by atoms with E-state index in [4.69, 9.17) is 10.5 Å². The first-order valence-corrected chi connectivity index (χ1v) is 21.6. The summed E-state index contributed by atoms with van der Waals surface area (Å²) in [5.74, 6) is 9.99. The molecule has 0 aliphatic heterocycles. The lowest BCUT2D eigenvalue weighted by Crippen LogP contribution is -2.48. The van der Waals surface area contributed by atoms with Gasteiger partial charge in [-0.15, -0.1) is 0 Å². The van der Waals surface area contributed by atoms with Crippen molar-refractivity contribution >= 4 is 41.6 Å². The lowest BCUT2D eigenvalue weighted by Gasteiger charge is -2.24. The largest absolute Gasteiger partial charge is 0.467 e. The number of hydrogen-bond donors (Lipinski definition) is 1. The van der Waals surface area contributed by atoms with E-state index in [-0.39, 0.29) is 26.1 Å². The van der Waals surface area contributed by atoms with E-state index >= 15 is 0 Å². The number of rotatable bonds is 14. The van der Waals surface area contributed by atoms with Gasteiger partial charge in [-0.3, -0.25) is 24.0 Å². The zero-order valence-electron chi connectivity index (χ0n) is 37.9. The molecule has 4 aromatic rings. The van der Waals surface area contributed by atoms with Crippen LogP contribution in [0.1, 0.15) is 125 Å². The van der Waals surface area contributed by atoms with Crippen LogP contribution in [0.25, 0.3) is 0 Å². The molecule has 0 spiro atoms. The highest BCUT2D eigenvalue weighted by Crippen LogP contribution is 2.33. The number of carbonyl (C=O) groups is 7. The summed E-state index contributed by atoms with van der Waals surface area (Å²) in [5.41, 5.74) is 11.0. The first-order valence-electron chi connectivity index (χ1n) is 21.6. The van der Waals surface area contributed by atoms with Gasteiger partial charge in [-0.2, -0.15) is 0 Å². The fourth-order valence-electron chi connectivity index (χ4n) is 6.22. The van der Waals surface area contributed by atoms with Gasteiger partial charge in [0.1, 0.15) is 6.29 Å². The number of nitrogens with zero attached hydrogens (tertiary/aromatic N) is 2. The number of aldehydes is 1. The van der Waals surface area contributed by atoms with E-state index in [1.165, 1.54) is 66.0 Å². The van der Waals surface area contributed by atoms with Crippen LogP contribution in [0.15, 0.2) is 97.1 Å². The number of amides is 2. The Hall–Kier alpha value is -7.15. The highest BCUT2D eigenvalue weighted by atomic mass is 16.5. The molecule has 6 rings (SSSR count). The lowest BCUT2D eigenvalue weighted by molar-refractivity contribution is -0.150. The number of Topliss-reactive ketones (excluding diaryl/α,β-unsaturated/α-hetero) is 2. The van der Waals surface area contributed by atoms with Gasteiger partial charge >= 0.3 is 11.9 Å². The Morgan fingerprint density at radius 1 is 0.606 bits per heavy atom. The average molecular weight is 896 g/mol. The molecule has 12 nitrogen and oxygen atoms in total. The van der Waals surface area contributed by atoms with Gasteiger partial charge in [-0.05, 0) is 110 Å². The van der Waals surface area contributed by atoms with E-state index in [2.05, 4.69) is 40.6 Å². The van der Waals surface area contributed by atoms with Gasteiger partial charge in [0.05, 0.1) is 14.2 Å². The number of hydrogen-bond acceptors (Lipinski definition) is 10. The summed E-state index contributed by atoms with van der Waals surface area (Å²) in [6.45, 7) is 3.27. The Morgan fingerprint density at radius 3 is 1.23 bits per heavy atom. The number of nitrogens with two attached hydrogens (primary N) is 1. The maximum atomic E-state index is 12.8. The molecule has 2 unspecified atom stereocenters. The van der Waals surface area contributed by atoms with Gasteiger partial charge in [0.2, 0.25) is 0 Å². The lowest BCUT2D eigenvalue weighted by atomic mass is 10.0. The van der Waals surface area contributed by atoms with Gasteiger partial charge in [0.15, 0.2) is 23.7 Å². The molecule has 0 saturated heterocycles. The summed E-state index contributed by atoms with van der Waals surface area (Å²) < 4.78 is 9.36. The summed E-state index contributed by atoms with van der Waals surface area (Å²) in [5, 5.41) is 0. The Labute approximate surface area is 389 Å². The quantitative estimate of drug-likeness (QED) is 0.0589. The summed E-state index contributed by atoms with van der Waals surface area (Å²) in [4.78, 5) is 86.5. The monoisotopic (exact) mass is 895 g/mol. The molecule has 0 heterocycles. The zero-order chi connectivity index (χ0) is 47.5. The first-order chi connectivity index (χ1) is 31.2. The Kier molecular flexibility index (Phi) is 21.4. The van der Waals surface area contributed by atoms with Crippen LogP contribution >= 0.6 is 0 Å². The fraction of sp³-hybridized carbons (Fsp3) is 0.352. The summed E-state index contributed by atoms with van der Waals surface area (Å²) in [6, 6.07) is 26.6. The number of methoxy groups -OCH3 is 2. The van der Waals surface area contributed by atoms with Crippen LogP contribution in [0.3, 0.4) is 0 Å². The van der Waals surface area contributed by atoms with Crippen LogP contribution in [0, 0.1) is 29.6 Å². The molecule has 2 aliphatic rings. The van der Waals surface area contributed by atoms with E-state index < -0.39 is 41.6 Å². The predicted molar refractivity (Wildman–Crippen MR) is 254 cm³/mol. The van der Waals surface area contributed by atoms with Crippen LogP contribution in [-0.2, 0) is 35.1 Å². The number of ether oxygens (including phenoxy) is 2. The molecule has 2 atom stereocenters. The van der Waals surface area contributed by atoms with E-state index in [1.54, 1.807) is 86.6 Å². The van der Waals surface area contributed by atoms with Crippen molar-refractivity contribution in [3.05, 3.63) is 142 Å². The number of esters is 2. The number of benzene rings is 4. The zero-order valence-corrected chi connectivity index (χ0v) is 37.9. The third-order valence-corrected chi connectivity index (χ3v) is 10.7. The average Bonchev–Trinajstić information content (AvgIpc) is 4.31. The van der Waals surface area contributed by atoms with Crippen LogP contribution < -0.4 is 5.73 Å².